The standard InChI is InChI=1S/C8H11F3N2O/c9-8(10,11)7(14)5-13-4-6-1-2-12-3-6/h1-3,7,12-14H,4-5H2. The molecule has 0 saturated carbocycles. The Kier molecular flexibility index (Phi) is 3.54. The first-order valence-corrected chi connectivity index (χ1v) is 4.07. The molecule has 0 spiro atoms. The summed E-state index contributed by atoms with van der Waals surface area (Å²) in [6.07, 6.45) is -3.50. The summed E-state index contributed by atoms with van der Waals surface area (Å²) in [6.45, 7) is -0.189. The van der Waals surface area contributed by atoms with Gasteiger partial charge < -0.3 is 15.4 Å². The van der Waals surface area contributed by atoms with E-state index in [4.69, 9.17) is 5.11 Å². The zero-order chi connectivity index (χ0) is 10.6. The molecule has 0 bridgehead atoms. The Morgan fingerprint density at radius 2 is 2.21 bits per heavy atom. The number of H-pyrrole nitrogens is 1. The Morgan fingerprint density at radius 1 is 1.50 bits per heavy atom. The molecule has 0 saturated heterocycles. The highest BCUT2D eigenvalue weighted by Gasteiger charge is 2.37. The maximum atomic E-state index is 11.8. The van der Waals surface area contributed by atoms with Gasteiger partial charge in [0, 0.05) is 25.5 Å². The smallest absolute Gasteiger partial charge is 0.382 e. The van der Waals surface area contributed by atoms with Crippen LogP contribution >= 0.6 is 0 Å². The highest BCUT2D eigenvalue weighted by atomic mass is 19.4. The van der Waals surface area contributed by atoms with Crippen molar-refractivity contribution >= 4 is 0 Å². The Balaban J connectivity index is 2.22. The molecule has 0 radical (unpaired) electrons. The summed E-state index contributed by atoms with van der Waals surface area (Å²) in [7, 11) is 0. The number of aromatic nitrogens is 1. The van der Waals surface area contributed by atoms with Crippen molar-refractivity contribution in [3.8, 4) is 0 Å². The molecule has 3 N–H and O–H groups in total. The highest BCUT2D eigenvalue weighted by molar-refractivity contribution is 5.07. The fourth-order valence-electron chi connectivity index (χ4n) is 0.937. The zero-order valence-corrected chi connectivity index (χ0v) is 7.30. The van der Waals surface area contributed by atoms with E-state index in [1.54, 1.807) is 18.5 Å². The molecular formula is C8H11F3N2O. The van der Waals surface area contributed by atoms with Crippen LogP contribution in [0.5, 0.6) is 0 Å². The predicted octanol–water partition coefficient (Wildman–Crippen LogP) is 1.03. The number of halogens is 3. The van der Waals surface area contributed by atoms with E-state index in [9.17, 15) is 13.2 Å². The van der Waals surface area contributed by atoms with Crippen molar-refractivity contribution in [1.82, 2.24) is 10.3 Å². The lowest BCUT2D eigenvalue weighted by atomic mass is 10.3. The van der Waals surface area contributed by atoms with Gasteiger partial charge in [0.05, 0.1) is 0 Å². The monoisotopic (exact) mass is 208 g/mol. The second-order valence-electron chi connectivity index (χ2n) is 2.91. The number of rotatable bonds is 4. The highest BCUT2D eigenvalue weighted by Crippen LogP contribution is 2.19. The van der Waals surface area contributed by atoms with E-state index in [0.717, 1.165) is 5.56 Å². The van der Waals surface area contributed by atoms with E-state index in [0.29, 0.717) is 6.54 Å². The summed E-state index contributed by atoms with van der Waals surface area (Å²) in [5.41, 5.74) is 0.847. The first kappa shape index (κ1) is 11.1. The summed E-state index contributed by atoms with van der Waals surface area (Å²) in [4.78, 5) is 2.77. The molecule has 0 fully saturated rings. The molecule has 1 unspecified atom stereocenters. The topological polar surface area (TPSA) is 48.0 Å². The number of hydrogen-bond donors (Lipinski definition) is 3. The van der Waals surface area contributed by atoms with E-state index in [-0.39, 0.29) is 0 Å². The fourth-order valence-corrected chi connectivity index (χ4v) is 0.937. The molecular weight excluding hydrogens is 197 g/mol. The number of hydrogen-bond acceptors (Lipinski definition) is 2. The SMILES string of the molecule is OC(CNCc1cc[nH]c1)C(F)(F)F. The van der Waals surface area contributed by atoms with E-state index in [1.807, 2.05) is 0 Å². The van der Waals surface area contributed by atoms with Crippen LogP contribution in [0.4, 0.5) is 13.2 Å². The van der Waals surface area contributed by atoms with E-state index < -0.39 is 18.8 Å². The van der Waals surface area contributed by atoms with Crippen LogP contribution < -0.4 is 5.32 Å². The van der Waals surface area contributed by atoms with Crippen molar-refractivity contribution in [3.05, 3.63) is 24.0 Å². The minimum Gasteiger partial charge on any atom is -0.382 e. The molecule has 14 heavy (non-hydrogen) atoms. The molecule has 0 aromatic carbocycles. The van der Waals surface area contributed by atoms with Crippen LogP contribution in [-0.2, 0) is 6.54 Å². The molecule has 80 valence electrons. The van der Waals surface area contributed by atoms with Gasteiger partial charge >= 0.3 is 6.18 Å². The Morgan fingerprint density at radius 3 is 2.71 bits per heavy atom. The number of alkyl halides is 3. The van der Waals surface area contributed by atoms with Gasteiger partial charge in [-0.25, -0.2) is 0 Å². The van der Waals surface area contributed by atoms with Crippen LogP contribution in [0.15, 0.2) is 18.5 Å². The Labute approximate surface area is 78.9 Å². The lowest BCUT2D eigenvalue weighted by Crippen LogP contribution is -2.38. The van der Waals surface area contributed by atoms with Crippen LogP contribution in [-0.4, -0.2) is 28.9 Å². The van der Waals surface area contributed by atoms with Crippen molar-refractivity contribution in [2.24, 2.45) is 0 Å². The van der Waals surface area contributed by atoms with E-state index in [2.05, 4.69) is 10.3 Å². The van der Waals surface area contributed by atoms with Crippen molar-refractivity contribution in [3.63, 3.8) is 0 Å². The molecule has 0 aliphatic rings. The van der Waals surface area contributed by atoms with Crippen molar-refractivity contribution in [1.29, 1.82) is 0 Å². The number of nitrogens with one attached hydrogen (secondary N) is 2. The molecule has 6 heteroatoms. The van der Waals surface area contributed by atoms with Crippen molar-refractivity contribution < 1.29 is 18.3 Å². The van der Waals surface area contributed by atoms with Gasteiger partial charge in [0.2, 0.25) is 0 Å². The van der Waals surface area contributed by atoms with Crippen LogP contribution in [0.25, 0.3) is 0 Å². The molecule has 1 aromatic rings. The Hall–Kier alpha value is -1.01. The lowest BCUT2D eigenvalue weighted by Gasteiger charge is -2.14. The third kappa shape index (κ3) is 3.39. The maximum Gasteiger partial charge on any atom is 0.415 e. The van der Waals surface area contributed by atoms with E-state index >= 15 is 0 Å². The largest absolute Gasteiger partial charge is 0.415 e. The third-order valence-corrected chi connectivity index (χ3v) is 1.71. The van der Waals surface area contributed by atoms with Gasteiger partial charge in [-0.1, -0.05) is 0 Å². The quantitative estimate of drug-likeness (QED) is 0.692. The van der Waals surface area contributed by atoms with Crippen LogP contribution in [0.2, 0.25) is 0 Å². The van der Waals surface area contributed by atoms with Crippen molar-refractivity contribution in [2.45, 2.75) is 18.8 Å². The normalized spacial score (nSPS) is 14.3. The summed E-state index contributed by atoms with van der Waals surface area (Å²) >= 11 is 0. The second kappa shape index (κ2) is 4.47. The number of aliphatic hydroxyl groups excluding tert-OH is 1. The van der Waals surface area contributed by atoms with Gasteiger partial charge in [0.25, 0.3) is 0 Å². The predicted molar refractivity (Wildman–Crippen MR) is 44.6 cm³/mol. The summed E-state index contributed by atoms with van der Waals surface area (Å²) in [6, 6.07) is 1.74. The molecule has 1 atom stereocenters. The van der Waals surface area contributed by atoms with E-state index in [1.165, 1.54) is 0 Å². The lowest BCUT2D eigenvalue weighted by molar-refractivity contribution is -0.201. The number of aliphatic hydroxyl groups is 1. The van der Waals surface area contributed by atoms with Crippen molar-refractivity contribution in [2.75, 3.05) is 6.54 Å². The number of aromatic amines is 1. The van der Waals surface area contributed by atoms with Gasteiger partial charge in [0.1, 0.15) is 0 Å². The minimum absolute atomic E-state index is 0.302. The zero-order valence-electron chi connectivity index (χ0n) is 7.30. The second-order valence-corrected chi connectivity index (χ2v) is 2.91. The average Bonchev–Trinajstić information content (AvgIpc) is 2.55. The molecule has 1 heterocycles. The van der Waals surface area contributed by atoms with Crippen LogP contribution in [0.1, 0.15) is 5.56 Å². The molecule has 3 nitrogen and oxygen atoms in total. The molecule has 1 aromatic heterocycles. The molecule has 0 aliphatic heterocycles. The first-order valence-electron chi connectivity index (χ1n) is 4.07. The summed E-state index contributed by atoms with van der Waals surface area (Å²) < 4.78 is 35.5. The summed E-state index contributed by atoms with van der Waals surface area (Å²) in [5.74, 6) is 0. The Bertz CT molecular complexity index is 258. The molecule has 0 aliphatic carbocycles. The van der Waals surface area contributed by atoms with Crippen LogP contribution in [0.3, 0.4) is 0 Å². The van der Waals surface area contributed by atoms with Gasteiger partial charge in [-0.05, 0) is 11.6 Å². The summed E-state index contributed by atoms with van der Waals surface area (Å²) in [5, 5.41) is 11.1. The molecule has 0 amide bonds. The van der Waals surface area contributed by atoms with Gasteiger partial charge in [-0.2, -0.15) is 13.2 Å². The van der Waals surface area contributed by atoms with Gasteiger partial charge in [-0.3, -0.25) is 0 Å². The average molecular weight is 208 g/mol. The maximum absolute atomic E-state index is 11.8. The first-order chi connectivity index (χ1) is 6.50. The van der Waals surface area contributed by atoms with Gasteiger partial charge in [0.15, 0.2) is 6.10 Å². The minimum atomic E-state index is -4.55. The van der Waals surface area contributed by atoms with Gasteiger partial charge in [-0.15, -0.1) is 0 Å². The third-order valence-electron chi connectivity index (χ3n) is 1.71. The fraction of sp³-hybridized carbons (Fsp3) is 0.500. The molecule has 1 rings (SSSR count). The van der Waals surface area contributed by atoms with Crippen LogP contribution in [0, 0.1) is 0 Å².